The summed E-state index contributed by atoms with van der Waals surface area (Å²) in [5.74, 6) is 0.998. The van der Waals surface area contributed by atoms with Gasteiger partial charge in [-0.1, -0.05) is 47.0 Å². The summed E-state index contributed by atoms with van der Waals surface area (Å²) in [6, 6.07) is 12.2. The molecule has 2 heteroatoms. The molecule has 0 aromatic heterocycles. The number of benzene rings is 2. The molecular formula is C19H22O2. The Balaban J connectivity index is 2.13. The third-order valence-corrected chi connectivity index (χ3v) is 3.51. The number of Topliss-reactive ketones (excluding diaryl/α,β-unsaturated/α-hetero) is 1. The minimum Gasteiger partial charge on any atom is -0.496 e. The van der Waals surface area contributed by atoms with Crippen LogP contribution in [0.15, 0.2) is 36.4 Å². The molecule has 0 radical (unpaired) electrons. The Morgan fingerprint density at radius 1 is 0.905 bits per heavy atom. The molecule has 0 unspecified atom stereocenters. The largest absolute Gasteiger partial charge is 0.496 e. The zero-order chi connectivity index (χ0) is 15.4. The number of methoxy groups -OCH3 is 1. The quantitative estimate of drug-likeness (QED) is 0.829. The summed E-state index contributed by atoms with van der Waals surface area (Å²) in [6.07, 6.45) is 0.886. The van der Waals surface area contributed by atoms with Gasteiger partial charge in [-0.3, -0.25) is 4.79 Å². The molecular weight excluding hydrogens is 260 g/mol. The van der Waals surface area contributed by atoms with E-state index in [1.54, 1.807) is 7.11 Å². The van der Waals surface area contributed by atoms with E-state index in [9.17, 15) is 4.79 Å². The average molecular weight is 282 g/mol. The number of ketones is 1. The molecule has 0 spiro atoms. The zero-order valence-corrected chi connectivity index (χ0v) is 13.2. The van der Waals surface area contributed by atoms with Crippen LogP contribution < -0.4 is 4.74 Å². The summed E-state index contributed by atoms with van der Waals surface area (Å²) in [7, 11) is 1.64. The van der Waals surface area contributed by atoms with Crippen molar-refractivity contribution in [3.63, 3.8) is 0 Å². The van der Waals surface area contributed by atoms with E-state index in [1.807, 2.05) is 25.1 Å². The lowest BCUT2D eigenvalue weighted by Crippen LogP contribution is -2.08. The first-order valence-corrected chi connectivity index (χ1v) is 7.20. The molecule has 21 heavy (non-hydrogen) atoms. The number of hydrogen-bond donors (Lipinski definition) is 0. The molecule has 0 aliphatic rings. The van der Waals surface area contributed by atoms with E-state index in [0.29, 0.717) is 12.8 Å². The summed E-state index contributed by atoms with van der Waals surface area (Å²) >= 11 is 0. The molecule has 2 aromatic carbocycles. The van der Waals surface area contributed by atoms with Gasteiger partial charge in [0.25, 0.3) is 0 Å². The van der Waals surface area contributed by atoms with E-state index in [-0.39, 0.29) is 5.78 Å². The van der Waals surface area contributed by atoms with Crippen LogP contribution >= 0.6 is 0 Å². The molecule has 0 amide bonds. The van der Waals surface area contributed by atoms with Gasteiger partial charge in [0, 0.05) is 18.4 Å². The Morgan fingerprint density at radius 2 is 1.57 bits per heavy atom. The second-order valence-electron chi connectivity index (χ2n) is 5.70. The van der Waals surface area contributed by atoms with Crippen LogP contribution in [-0.4, -0.2) is 12.9 Å². The van der Waals surface area contributed by atoms with Gasteiger partial charge < -0.3 is 4.74 Å². The van der Waals surface area contributed by atoms with Crippen LogP contribution in [0.5, 0.6) is 5.75 Å². The molecule has 0 bridgehead atoms. The fourth-order valence-electron chi connectivity index (χ4n) is 2.72. The van der Waals surface area contributed by atoms with Gasteiger partial charge in [-0.25, -0.2) is 0 Å². The minimum absolute atomic E-state index is 0.212. The molecule has 0 N–H and O–H groups in total. The molecule has 0 saturated heterocycles. The Morgan fingerprint density at radius 3 is 2.19 bits per heavy atom. The standard InChI is InChI=1S/C19H22O2/c1-13-5-6-19(21-4)17(10-13)12-18(20)11-16-8-14(2)7-15(3)9-16/h5-10H,11-12H2,1-4H3. The van der Waals surface area contributed by atoms with Crippen molar-refractivity contribution in [2.45, 2.75) is 33.6 Å². The predicted molar refractivity (Wildman–Crippen MR) is 86.1 cm³/mol. The first-order valence-electron chi connectivity index (χ1n) is 7.20. The van der Waals surface area contributed by atoms with Gasteiger partial charge in [-0.15, -0.1) is 0 Å². The normalized spacial score (nSPS) is 10.5. The molecule has 0 aliphatic carbocycles. The van der Waals surface area contributed by atoms with E-state index in [1.165, 1.54) is 11.1 Å². The van der Waals surface area contributed by atoms with Crippen molar-refractivity contribution in [3.05, 3.63) is 64.2 Å². The third-order valence-electron chi connectivity index (χ3n) is 3.51. The van der Waals surface area contributed by atoms with E-state index in [2.05, 4.69) is 32.0 Å². The van der Waals surface area contributed by atoms with Gasteiger partial charge in [-0.2, -0.15) is 0 Å². The molecule has 2 nitrogen and oxygen atoms in total. The lowest BCUT2D eigenvalue weighted by Gasteiger charge is -2.09. The van der Waals surface area contributed by atoms with Crippen LogP contribution in [-0.2, 0) is 17.6 Å². The van der Waals surface area contributed by atoms with Crippen molar-refractivity contribution in [1.82, 2.24) is 0 Å². The van der Waals surface area contributed by atoms with Crippen LogP contribution in [0.1, 0.15) is 27.8 Å². The minimum atomic E-state index is 0.212. The number of hydrogen-bond acceptors (Lipinski definition) is 2. The second kappa shape index (κ2) is 6.57. The lowest BCUT2D eigenvalue weighted by atomic mass is 9.98. The van der Waals surface area contributed by atoms with Gasteiger partial charge in [0.05, 0.1) is 7.11 Å². The summed E-state index contributed by atoms with van der Waals surface area (Å²) in [5, 5.41) is 0. The number of rotatable bonds is 5. The van der Waals surface area contributed by atoms with Crippen LogP contribution in [0.25, 0.3) is 0 Å². The smallest absolute Gasteiger partial charge is 0.141 e. The molecule has 0 fully saturated rings. The SMILES string of the molecule is COc1ccc(C)cc1CC(=O)Cc1cc(C)cc(C)c1. The number of aryl methyl sites for hydroxylation is 3. The molecule has 0 saturated carbocycles. The highest BCUT2D eigenvalue weighted by atomic mass is 16.5. The van der Waals surface area contributed by atoms with E-state index in [0.717, 1.165) is 22.4 Å². The first kappa shape index (κ1) is 15.3. The highest BCUT2D eigenvalue weighted by Gasteiger charge is 2.10. The molecule has 2 aromatic rings. The van der Waals surface area contributed by atoms with Crippen molar-refractivity contribution in [2.75, 3.05) is 7.11 Å². The van der Waals surface area contributed by atoms with Crippen LogP contribution in [0.3, 0.4) is 0 Å². The van der Waals surface area contributed by atoms with Crippen molar-refractivity contribution in [3.8, 4) is 5.75 Å². The highest BCUT2D eigenvalue weighted by Crippen LogP contribution is 2.21. The Hall–Kier alpha value is -2.09. The van der Waals surface area contributed by atoms with Crippen molar-refractivity contribution in [2.24, 2.45) is 0 Å². The molecule has 0 heterocycles. The number of carbonyl (C=O) groups excluding carboxylic acids is 1. The summed E-state index contributed by atoms with van der Waals surface area (Å²) in [6.45, 7) is 6.15. The van der Waals surface area contributed by atoms with Gasteiger partial charge in [0.1, 0.15) is 11.5 Å². The van der Waals surface area contributed by atoms with Crippen LogP contribution in [0.4, 0.5) is 0 Å². The lowest BCUT2D eigenvalue weighted by molar-refractivity contribution is -0.117. The Labute approximate surface area is 126 Å². The fraction of sp³-hybridized carbons (Fsp3) is 0.316. The Kier molecular flexibility index (Phi) is 4.79. The van der Waals surface area contributed by atoms with Gasteiger partial charge in [-0.05, 0) is 32.4 Å². The first-order chi connectivity index (χ1) is 9.97. The second-order valence-corrected chi connectivity index (χ2v) is 5.70. The van der Waals surface area contributed by atoms with E-state index in [4.69, 9.17) is 4.74 Å². The summed E-state index contributed by atoms with van der Waals surface area (Å²) in [4.78, 5) is 12.3. The molecule has 0 aliphatic heterocycles. The van der Waals surface area contributed by atoms with Crippen LogP contribution in [0.2, 0.25) is 0 Å². The Bertz CT molecular complexity index is 636. The van der Waals surface area contributed by atoms with Crippen molar-refractivity contribution in [1.29, 1.82) is 0 Å². The van der Waals surface area contributed by atoms with E-state index < -0.39 is 0 Å². The van der Waals surface area contributed by atoms with Crippen LogP contribution in [0, 0.1) is 20.8 Å². The van der Waals surface area contributed by atoms with Crippen molar-refractivity contribution < 1.29 is 9.53 Å². The highest BCUT2D eigenvalue weighted by molar-refractivity contribution is 5.83. The summed E-state index contributed by atoms with van der Waals surface area (Å²) < 4.78 is 5.34. The van der Waals surface area contributed by atoms with Gasteiger partial charge in [0.15, 0.2) is 0 Å². The molecule has 110 valence electrons. The fourth-order valence-corrected chi connectivity index (χ4v) is 2.72. The molecule has 2 rings (SSSR count). The molecule has 0 atom stereocenters. The number of ether oxygens (including phenoxy) is 1. The predicted octanol–water partition coefficient (Wildman–Crippen LogP) is 3.97. The average Bonchev–Trinajstić information content (AvgIpc) is 2.37. The monoisotopic (exact) mass is 282 g/mol. The van der Waals surface area contributed by atoms with E-state index >= 15 is 0 Å². The summed E-state index contributed by atoms with van der Waals surface area (Å²) in [5.41, 5.74) is 5.60. The van der Waals surface area contributed by atoms with Gasteiger partial charge in [0.2, 0.25) is 0 Å². The maximum atomic E-state index is 12.3. The third kappa shape index (κ3) is 4.19. The number of carbonyl (C=O) groups is 1. The zero-order valence-electron chi connectivity index (χ0n) is 13.2. The maximum Gasteiger partial charge on any atom is 0.141 e. The maximum absolute atomic E-state index is 12.3. The van der Waals surface area contributed by atoms with Crippen molar-refractivity contribution >= 4 is 5.78 Å². The van der Waals surface area contributed by atoms with Gasteiger partial charge >= 0.3 is 0 Å². The topological polar surface area (TPSA) is 26.3 Å².